The minimum Gasteiger partial charge on any atom is -0.332 e. The van der Waals surface area contributed by atoms with Gasteiger partial charge in [-0.15, -0.1) is 0 Å². The summed E-state index contributed by atoms with van der Waals surface area (Å²) in [6, 6.07) is 14.4. The van der Waals surface area contributed by atoms with E-state index in [1.54, 1.807) is 36.4 Å². The lowest BCUT2D eigenvalue weighted by atomic mass is 10.2. The van der Waals surface area contributed by atoms with Gasteiger partial charge in [0, 0.05) is 30.3 Å². The number of nitrogens with one attached hydrogen (secondary N) is 1. The van der Waals surface area contributed by atoms with Gasteiger partial charge in [-0.1, -0.05) is 30.3 Å². The first-order chi connectivity index (χ1) is 12.0. The Hall–Kier alpha value is -3.55. The summed E-state index contributed by atoms with van der Waals surface area (Å²) < 4.78 is 0. The van der Waals surface area contributed by atoms with Crippen LogP contribution in [0.3, 0.4) is 0 Å². The van der Waals surface area contributed by atoms with Gasteiger partial charge in [-0.05, 0) is 12.1 Å². The lowest BCUT2D eigenvalue weighted by molar-refractivity contribution is -0.384. The molecule has 8 nitrogen and oxygen atoms in total. The number of nitrogens with zero attached hydrogens (tertiary/aromatic N) is 3. The lowest BCUT2D eigenvalue weighted by Gasteiger charge is -2.15. The van der Waals surface area contributed by atoms with E-state index in [9.17, 15) is 19.7 Å². The van der Waals surface area contributed by atoms with Crippen LogP contribution in [-0.2, 0) is 4.79 Å². The number of benzene rings is 2. The maximum atomic E-state index is 12.1. The fourth-order valence-electron chi connectivity index (χ4n) is 2.02. The van der Waals surface area contributed by atoms with E-state index in [0.29, 0.717) is 11.1 Å². The average Bonchev–Trinajstić information content (AvgIpc) is 2.62. The van der Waals surface area contributed by atoms with Crippen LogP contribution >= 0.6 is 0 Å². The largest absolute Gasteiger partial charge is 0.332 e. The Morgan fingerprint density at radius 3 is 2.60 bits per heavy atom. The lowest BCUT2D eigenvalue weighted by Crippen LogP contribution is -2.36. The number of hydrazone groups is 1. The maximum absolute atomic E-state index is 12.1. The highest BCUT2D eigenvalue weighted by Gasteiger charge is 2.14. The molecule has 0 aromatic heterocycles. The molecule has 128 valence electrons. The van der Waals surface area contributed by atoms with E-state index in [0.717, 1.165) is 0 Å². The van der Waals surface area contributed by atoms with Crippen molar-refractivity contribution >= 4 is 23.7 Å². The molecule has 0 saturated carbocycles. The number of likely N-dealkylation sites (N-methyl/N-ethyl adjacent to an activating group) is 1. The first-order valence-electron chi connectivity index (χ1n) is 7.34. The van der Waals surface area contributed by atoms with Crippen LogP contribution in [0.25, 0.3) is 0 Å². The smallest absolute Gasteiger partial charge is 0.270 e. The van der Waals surface area contributed by atoms with E-state index in [1.165, 1.54) is 36.4 Å². The molecule has 25 heavy (non-hydrogen) atoms. The van der Waals surface area contributed by atoms with Crippen LogP contribution in [-0.4, -0.2) is 41.4 Å². The van der Waals surface area contributed by atoms with Gasteiger partial charge in [-0.25, -0.2) is 5.43 Å². The summed E-state index contributed by atoms with van der Waals surface area (Å²) in [4.78, 5) is 35.4. The standard InChI is InChI=1S/C17H16N4O4/c1-20(17(23)14-7-3-2-4-8-14)12-16(22)19-18-11-13-6-5-9-15(10-13)21(24)25/h2-11H,12H2,1H3,(H,19,22)/b18-11-. The van der Waals surface area contributed by atoms with Crippen molar-refractivity contribution in [3.05, 3.63) is 75.8 Å². The predicted molar refractivity (Wildman–Crippen MR) is 92.2 cm³/mol. The van der Waals surface area contributed by atoms with Crippen molar-refractivity contribution < 1.29 is 14.5 Å². The summed E-state index contributed by atoms with van der Waals surface area (Å²) in [6.45, 7) is -0.167. The number of non-ortho nitro benzene ring substituents is 1. The zero-order valence-electron chi connectivity index (χ0n) is 13.5. The van der Waals surface area contributed by atoms with Gasteiger partial charge in [0.2, 0.25) is 0 Å². The van der Waals surface area contributed by atoms with Gasteiger partial charge >= 0.3 is 0 Å². The zero-order chi connectivity index (χ0) is 18.2. The molecule has 1 N–H and O–H groups in total. The van der Waals surface area contributed by atoms with Crippen molar-refractivity contribution in [1.29, 1.82) is 0 Å². The molecule has 0 aliphatic carbocycles. The molecular weight excluding hydrogens is 324 g/mol. The van der Waals surface area contributed by atoms with Crippen LogP contribution in [0.5, 0.6) is 0 Å². The van der Waals surface area contributed by atoms with Crippen LogP contribution < -0.4 is 5.43 Å². The predicted octanol–water partition coefficient (Wildman–Crippen LogP) is 1.82. The molecule has 2 rings (SSSR count). The summed E-state index contributed by atoms with van der Waals surface area (Å²) in [5, 5.41) is 14.4. The zero-order valence-corrected chi connectivity index (χ0v) is 13.5. The number of rotatable bonds is 6. The number of hydrogen-bond donors (Lipinski definition) is 1. The van der Waals surface area contributed by atoms with Gasteiger partial charge in [-0.3, -0.25) is 19.7 Å². The summed E-state index contributed by atoms with van der Waals surface area (Å²) >= 11 is 0. The number of hydrogen-bond acceptors (Lipinski definition) is 5. The van der Waals surface area contributed by atoms with Crippen molar-refractivity contribution in [2.24, 2.45) is 5.10 Å². The molecule has 2 aromatic rings. The fourth-order valence-corrected chi connectivity index (χ4v) is 2.02. The number of carbonyl (C=O) groups is 2. The minimum atomic E-state index is -0.514. The van der Waals surface area contributed by atoms with Gasteiger partial charge in [0.05, 0.1) is 11.1 Å². The van der Waals surface area contributed by atoms with Crippen molar-refractivity contribution in [1.82, 2.24) is 10.3 Å². The molecule has 2 aromatic carbocycles. The first-order valence-corrected chi connectivity index (χ1v) is 7.34. The van der Waals surface area contributed by atoms with Crippen LogP contribution in [0.4, 0.5) is 5.69 Å². The molecule has 0 radical (unpaired) electrons. The second-order valence-corrected chi connectivity index (χ2v) is 5.17. The van der Waals surface area contributed by atoms with Gasteiger partial charge in [-0.2, -0.15) is 5.10 Å². The van der Waals surface area contributed by atoms with Crippen molar-refractivity contribution in [2.75, 3.05) is 13.6 Å². The molecule has 0 bridgehead atoms. The topological polar surface area (TPSA) is 105 Å². The van der Waals surface area contributed by atoms with Gasteiger partial charge in [0.1, 0.15) is 6.54 Å². The average molecular weight is 340 g/mol. The molecule has 0 fully saturated rings. The molecule has 0 heterocycles. The maximum Gasteiger partial charge on any atom is 0.270 e. The summed E-state index contributed by atoms with van der Waals surface area (Å²) in [7, 11) is 1.51. The molecule has 0 saturated heterocycles. The van der Waals surface area contributed by atoms with E-state index in [1.807, 2.05) is 0 Å². The Morgan fingerprint density at radius 1 is 1.20 bits per heavy atom. The van der Waals surface area contributed by atoms with Gasteiger partial charge < -0.3 is 4.90 Å². The third-order valence-electron chi connectivity index (χ3n) is 3.23. The van der Waals surface area contributed by atoms with E-state index in [2.05, 4.69) is 10.5 Å². The second-order valence-electron chi connectivity index (χ2n) is 5.17. The molecule has 2 amide bonds. The van der Waals surface area contributed by atoms with Crippen molar-refractivity contribution in [2.45, 2.75) is 0 Å². The Balaban J connectivity index is 1.89. The van der Waals surface area contributed by atoms with Crippen LogP contribution in [0.1, 0.15) is 15.9 Å². The molecule has 0 unspecified atom stereocenters. The van der Waals surface area contributed by atoms with E-state index < -0.39 is 10.8 Å². The number of amides is 2. The van der Waals surface area contributed by atoms with Crippen LogP contribution in [0.2, 0.25) is 0 Å². The van der Waals surface area contributed by atoms with E-state index in [-0.39, 0.29) is 18.1 Å². The Morgan fingerprint density at radius 2 is 1.92 bits per heavy atom. The Labute approximate surface area is 143 Å². The second kappa shape index (κ2) is 8.34. The SMILES string of the molecule is CN(CC(=O)N/N=C\c1cccc([N+](=O)[O-])c1)C(=O)c1ccccc1. The third-order valence-corrected chi connectivity index (χ3v) is 3.23. The van der Waals surface area contributed by atoms with Crippen molar-refractivity contribution in [3.8, 4) is 0 Å². The number of nitro benzene ring substituents is 1. The van der Waals surface area contributed by atoms with Gasteiger partial charge in [0.15, 0.2) is 0 Å². The molecule has 8 heteroatoms. The molecule has 0 spiro atoms. The number of nitro groups is 1. The highest BCUT2D eigenvalue weighted by Crippen LogP contribution is 2.11. The minimum absolute atomic E-state index is 0.0662. The highest BCUT2D eigenvalue weighted by atomic mass is 16.6. The molecule has 0 aliphatic rings. The summed E-state index contributed by atoms with van der Waals surface area (Å²) in [6.07, 6.45) is 1.30. The van der Waals surface area contributed by atoms with Crippen LogP contribution in [0, 0.1) is 10.1 Å². The Kier molecular flexibility index (Phi) is 5.94. The molecular formula is C17H16N4O4. The third kappa shape index (κ3) is 5.24. The molecule has 0 atom stereocenters. The highest BCUT2D eigenvalue weighted by molar-refractivity contribution is 5.96. The summed E-state index contributed by atoms with van der Waals surface area (Å²) in [5.41, 5.74) is 3.18. The van der Waals surface area contributed by atoms with E-state index >= 15 is 0 Å². The van der Waals surface area contributed by atoms with Crippen LogP contribution in [0.15, 0.2) is 59.7 Å². The van der Waals surface area contributed by atoms with E-state index in [4.69, 9.17) is 0 Å². The quantitative estimate of drug-likeness (QED) is 0.492. The van der Waals surface area contributed by atoms with Crippen molar-refractivity contribution in [3.63, 3.8) is 0 Å². The number of carbonyl (C=O) groups excluding carboxylic acids is 2. The molecule has 0 aliphatic heterocycles. The summed E-state index contributed by atoms with van der Waals surface area (Å²) in [5.74, 6) is -0.758. The normalized spacial score (nSPS) is 10.4. The fraction of sp³-hybridized carbons (Fsp3) is 0.118. The van der Waals surface area contributed by atoms with Gasteiger partial charge in [0.25, 0.3) is 17.5 Å². The first kappa shape index (κ1) is 17.8. The monoisotopic (exact) mass is 340 g/mol. The Bertz CT molecular complexity index is 805.